The first-order valence-corrected chi connectivity index (χ1v) is 4.81. The molecule has 0 aromatic carbocycles. The highest BCUT2D eigenvalue weighted by molar-refractivity contribution is 5.83. The molecule has 1 unspecified atom stereocenters. The van der Waals surface area contributed by atoms with Crippen molar-refractivity contribution in [2.75, 3.05) is 0 Å². The number of carbonyl (C=O) groups excluding carboxylic acids is 1. The number of nitrogens with two attached hydrogens (primary N) is 2. The van der Waals surface area contributed by atoms with E-state index in [0.29, 0.717) is 0 Å². The van der Waals surface area contributed by atoms with Crippen molar-refractivity contribution in [3.05, 3.63) is 12.2 Å². The van der Waals surface area contributed by atoms with E-state index in [1.165, 1.54) is 0 Å². The van der Waals surface area contributed by atoms with Gasteiger partial charge in [-0.05, 0) is 6.92 Å². The molecule has 1 atom stereocenters. The maximum Gasteiger partial charge on any atom is 0.239 e. The summed E-state index contributed by atoms with van der Waals surface area (Å²) >= 11 is 0. The molecule has 1 heterocycles. The zero-order chi connectivity index (χ0) is 11.6. The van der Waals surface area contributed by atoms with Gasteiger partial charge in [0.1, 0.15) is 11.9 Å². The van der Waals surface area contributed by atoms with Crippen LogP contribution in [0.5, 0.6) is 0 Å². The molecule has 0 aliphatic heterocycles. The van der Waals surface area contributed by atoms with Crippen LogP contribution in [0.3, 0.4) is 0 Å². The van der Waals surface area contributed by atoms with Crippen molar-refractivity contribution >= 4 is 5.91 Å². The largest absolute Gasteiger partial charge is 0.368 e. The Kier molecular flexibility index (Phi) is 3.09. The number of carbonyl (C=O) groups is 1. The van der Waals surface area contributed by atoms with Crippen LogP contribution in [-0.2, 0) is 11.3 Å². The topological polar surface area (TPSA) is 99.8 Å². The molecule has 0 bridgehead atoms. The maximum absolute atomic E-state index is 11.0. The summed E-state index contributed by atoms with van der Waals surface area (Å²) in [4.78, 5) is 15.1. The predicted octanol–water partition coefficient (Wildman–Crippen LogP) is -0.396. The molecule has 0 aliphatic carbocycles. The standard InChI is InChI=1S/C9H17N5O/c1-6(2)7-12-5-14(13-7)4-9(3,11)8(10)15/h5-6H,4,11H2,1-3H3,(H2,10,15). The van der Waals surface area contributed by atoms with Crippen molar-refractivity contribution < 1.29 is 4.79 Å². The van der Waals surface area contributed by atoms with Gasteiger partial charge in [0.25, 0.3) is 0 Å². The fraction of sp³-hybridized carbons (Fsp3) is 0.667. The molecule has 0 spiro atoms. The van der Waals surface area contributed by atoms with Gasteiger partial charge in [-0.2, -0.15) is 5.10 Å². The van der Waals surface area contributed by atoms with Gasteiger partial charge in [0, 0.05) is 5.92 Å². The third kappa shape index (κ3) is 2.76. The first kappa shape index (κ1) is 11.6. The first-order chi connectivity index (χ1) is 6.83. The Morgan fingerprint density at radius 1 is 1.67 bits per heavy atom. The molecule has 1 aromatic rings. The monoisotopic (exact) mass is 211 g/mol. The summed E-state index contributed by atoms with van der Waals surface area (Å²) in [6.45, 7) is 5.80. The lowest BCUT2D eigenvalue weighted by atomic mass is 10.0. The number of hydrogen-bond donors (Lipinski definition) is 2. The Labute approximate surface area is 88.7 Å². The molecule has 1 aromatic heterocycles. The van der Waals surface area contributed by atoms with E-state index in [-0.39, 0.29) is 12.5 Å². The number of primary amides is 1. The number of rotatable bonds is 4. The van der Waals surface area contributed by atoms with E-state index >= 15 is 0 Å². The highest BCUT2D eigenvalue weighted by Crippen LogP contribution is 2.08. The normalized spacial score (nSPS) is 15.3. The summed E-state index contributed by atoms with van der Waals surface area (Å²) < 4.78 is 1.54. The third-order valence-electron chi connectivity index (χ3n) is 2.12. The van der Waals surface area contributed by atoms with Crippen molar-refractivity contribution in [3.8, 4) is 0 Å². The van der Waals surface area contributed by atoms with Crippen LogP contribution >= 0.6 is 0 Å². The van der Waals surface area contributed by atoms with Crippen molar-refractivity contribution in [1.82, 2.24) is 14.8 Å². The SMILES string of the molecule is CC(C)c1ncn(CC(C)(N)C(N)=O)n1. The Balaban J connectivity index is 2.77. The molecular weight excluding hydrogens is 194 g/mol. The Bertz CT molecular complexity index is 355. The predicted molar refractivity (Wildman–Crippen MR) is 55.9 cm³/mol. The summed E-state index contributed by atoms with van der Waals surface area (Å²) in [7, 11) is 0. The zero-order valence-corrected chi connectivity index (χ0v) is 9.27. The van der Waals surface area contributed by atoms with Gasteiger partial charge in [-0.3, -0.25) is 9.48 Å². The van der Waals surface area contributed by atoms with Gasteiger partial charge < -0.3 is 11.5 Å². The van der Waals surface area contributed by atoms with E-state index in [2.05, 4.69) is 10.1 Å². The van der Waals surface area contributed by atoms with Gasteiger partial charge in [0.15, 0.2) is 5.82 Å². The van der Waals surface area contributed by atoms with E-state index < -0.39 is 11.4 Å². The Morgan fingerprint density at radius 2 is 2.27 bits per heavy atom. The molecule has 4 N–H and O–H groups in total. The molecule has 1 amide bonds. The average molecular weight is 211 g/mol. The Hall–Kier alpha value is -1.43. The van der Waals surface area contributed by atoms with E-state index in [1.807, 2.05) is 13.8 Å². The van der Waals surface area contributed by atoms with E-state index in [9.17, 15) is 4.79 Å². The molecule has 0 saturated carbocycles. The minimum Gasteiger partial charge on any atom is -0.368 e. The lowest BCUT2D eigenvalue weighted by Crippen LogP contribution is -2.52. The number of amides is 1. The molecular formula is C9H17N5O. The van der Waals surface area contributed by atoms with Crippen molar-refractivity contribution in [1.29, 1.82) is 0 Å². The van der Waals surface area contributed by atoms with Gasteiger partial charge >= 0.3 is 0 Å². The van der Waals surface area contributed by atoms with Crippen LogP contribution in [0.2, 0.25) is 0 Å². The second kappa shape index (κ2) is 3.98. The highest BCUT2D eigenvalue weighted by Gasteiger charge is 2.26. The molecule has 0 saturated heterocycles. The molecule has 0 fully saturated rings. The molecule has 6 nitrogen and oxygen atoms in total. The maximum atomic E-state index is 11.0. The number of hydrogen-bond acceptors (Lipinski definition) is 4. The van der Waals surface area contributed by atoms with Crippen LogP contribution in [0.4, 0.5) is 0 Å². The fourth-order valence-corrected chi connectivity index (χ4v) is 1.06. The van der Waals surface area contributed by atoms with Gasteiger partial charge in [0.05, 0.1) is 6.54 Å². The van der Waals surface area contributed by atoms with E-state index in [1.54, 1.807) is 17.9 Å². The lowest BCUT2D eigenvalue weighted by Gasteiger charge is -2.19. The van der Waals surface area contributed by atoms with E-state index in [0.717, 1.165) is 5.82 Å². The minimum atomic E-state index is -1.10. The average Bonchev–Trinajstić information content (AvgIpc) is 2.51. The van der Waals surface area contributed by atoms with Crippen LogP contribution in [-0.4, -0.2) is 26.2 Å². The molecule has 84 valence electrons. The molecule has 0 aliphatic rings. The van der Waals surface area contributed by atoms with Crippen molar-refractivity contribution in [3.63, 3.8) is 0 Å². The summed E-state index contributed by atoms with van der Waals surface area (Å²) in [5.41, 5.74) is 9.78. The second-order valence-electron chi connectivity index (χ2n) is 4.24. The Morgan fingerprint density at radius 3 is 2.67 bits per heavy atom. The minimum absolute atomic E-state index is 0.238. The molecule has 1 rings (SSSR count). The fourth-order valence-electron chi connectivity index (χ4n) is 1.06. The van der Waals surface area contributed by atoms with Gasteiger partial charge in [-0.25, -0.2) is 4.98 Å². The highest BCUT2D eigenvalue weighted by atomic mass is 16.1. The van der Waals surface area contributed by atoms with Gasteiger partial charge in [-0.15, -0.1) is 0 Å². The number of aromatic nitrogens is 3. The van der Waals surface area contributed by atoms with Crippen LogP contribution < -0.4 is 11.5 Å². The van der Waals surface area contributed by atoms with Crippen LogP contribution in [0.1, 0.15) is 32.5 Å². The molecule has 15 heavy (non-hydrogen) atoms. The first-order valence-electron chi connectivity index (χ1n) is 4.81. The van der Waals surface area contributed by atoms with Crippen LogP contribution in [0.15, 0.2) is 6.33 Å². The lowest BCUT2D eigenvalue weighted by molar-refractivity contribution is -0.123. The summed E-state index contributed by atoms with van der Waals surface area (Å²) in [5.74, 6) is 0.434. The van der Waals surface area contributed by atoms with Gasteiger partial charge in [0.2, 0.25) is 5.91 Å². The zero-order valence-electron chi connectivity index (χ0n) is 9.27. The second-order valence-corrected chi connectivity index (χ2v) is 4.24. The molecule has 6 heteroatoms. The van der Waals surface area contributed by atoms with E-state index in [4.69, 9.17) is 11.5 Å². The molecule has 0 radical (unpaired) electrons. The quantitative estimate of drug-likeness (QED) is 0.708. The van der Waals surface area contributed by atoms with Crippen molar-refractivity contribution in [2.24, 2.45) is 11.5 Å². The van der Waals surface area contributed by atoms with Crippen molar-refractivity contribution in [2.45, 2.75) is 38.8 Å². The smallest absolute Gasteiger partial charge is 0.239 e. The summed E-state index contributed by atoms with van der Waals surface area (Å²) in [6.07, 6.45) is 1.56. The van der Waals surface area contributed by atoms with Crippen LogP contribution in [0.25, 0.3) is 0 Å². The summed E-state index contributed by atoms with van der Waals surface area (Å²) in [5, 5.41) is 4.20. The number of nitrogens with zero attached hydrogens (tertiary/aromatic N) is 3. The third-order valence-corrected chi connectivity index (χ3v) is 2.12. The van der Waals surface area contributed by atoms with Crippen LogP contribution in [0, 0.1) is 0 Å². The van der Waals surface area contributed by atoms with Gasteiger partial charge in [-0.1, -0.05) is 13.8 Å². The summed E-state index contributed by atoms with van der Waals surface area (Å²) in [6, 6.07) is 0.